The summed E-state index contributed by atoms with van der Waals surface area (Å²) >= 11 is 3.27. The molecule has 1 amide bonds. The molecule has 6 nitrogen and oxygen atoms in total. The number of hydrogen-bond donors (Lipinski definition) is 1. The molecule has 21 heavy (non-hydrogen) atoms. The van der Waals surface area contributed by atoms with Crippen molar-refractivity contribution in [2.24, 2.45) is 0 Å². The number of carbonyl (C=O) groups excluding carboxylic acids is 3. The first-order valence-electron chi connectivity index (χ1n) is 6.41. The standard InChI is InChI=1S/C14H14BrNO5/c1-8(13(18)21-11-6-7-20-14(11)19)16-12(17)9-2-4-10(15)5-3-9/h2-5,8,11H,6-7H2,1H3,(H,16,17)/t8-,11-/m0/s1. The van der Waals surface area contributed by atoms with Crippen molar-refractivity contribution >= 4 is 33.8 Å². The number of nitrogens with one attached hydrogen (secondary N) is 1. The van der Waals surface area contributed by atoms with Crippen molar-refractivity contribution in [1.82, 2.24) is 5.32 Å². The minimum Gasteiger partial charge on any atom is -0.463 e. The summed E-state index contributed by atoms with van der Waals surface area (Å²) in [5, 5.41) is 2.52. The number of amides is 1. The Labute approximate surface area is 129 Å². The SMILES string of the molecule is C[C@H](NC(=O)c1ccc(Br)cc1)C(=O)O[C@H]1CCOC1=O. The van der Waals surface area contributed by atoms with Crippen LogP contribution in [0.1, 0.15) is 23.7 Å². The van der Waals surface area contributed by atoms with Crippen molar-refractivity contribution in [3.8, 4) is 0 Å². The van der Waals surface area contributed by atoms with Crippen molar-refractivity contribution in [2.75, 3.05) is 6.61 Å². The molecule has 1 aromatic carbocycles. The van der Waals surface area contributed by atoms with E-state index in [9.17, 15) is 14.4 Å². The molecule has 7 heteroatoms. The number of rotatable bonds is 4. The number of carbonyl (C=O) groups is 3. The molecule has 2 atom stereocenters. The van der Waals surface area contributed by atoms with Gasteiger partial charge in [0.2, 0.25) is 6.10 Å². The fourth-order valence-electron chi connectivity index (χ4n) is 1.77. The number of hydrogen-bond acceptors (Lipinski definition) is 5. The normalized spacial score (nSPS) is 18.8. The monoisotopic (exact) mass is 355 g/mol. The van der Waals surface area contributed by atoms with Gasteiger partial charge in [0.15, 0.2) is 0 Å². The van der Waals surface area contributed by atoms with E-state index in [-0.39, 0.29) is 12.5 Å². The molecule has 0 saturated carbocycles. The van der Waals surface area contributed by atoms with Crippen molar-refractivity contribution in [2.45, 2.75) is 25.5 Å². The largest absolute Gasteiger partial charge is 0.463 e. The summed E-state index contributed by atoms with van der Waals surface area (Å²) in [5.74, 6) is -1.60. The van der Waals surface area contributed by atoms with Crippen LogP contribution in [0, 0.1) is 0 Å². The summed E-state index contributed by atoms with van der Waals surface area (Å²) in [6, 6.07) is 5.87. The van der Waals surface area contributed by atoms with Crippen LogP contribution in [0.15, 0.2) is 28.7 Å². The molecule has 0 unspecified atom stereocenters. The van der Waals surface area contributed by atoms with Gasteiger partial charge < -0.3 is 14.8 Å². The third-order valence-electron chi connectivity index (χ3n) is 2.95. The molecule has 1 N–H and O–H groups in total. The first-order valence-corrected chi connectivity index (χ1v) is 7.20. The highest BCUT2D eigenvalue weighted by molar-refractivity contribution is 9.10. The van der Waals surface area contributed by atoms with Crippen LogP contribution in [0.5, 0.6) is 0 Å². The minimum atomic E-state index is -0.871. The first kappa shape index (κ1) is 15.5. The van der Waals surface area contributed by atoms with E-state index >= 15 is 0 Å². The molecule has 0 bridgehead atoms. The highest BCUT2D eigenvalue weighted by atomic mass is 79.9. The Balaban J connectivity index is 1.89. The lowest BCUT2D eigenvalue weighted by atomic mass is 10.2. The molecule has 1 aliphatic heterocycles. The van der Waals surface area contributed by atoms with Gasteiger partial charge in [-0.05, 0) is 31.2 Å². The van der Waals surface area contributed by atoms with E-state index in [1.807, 2.05) is 0 Å². The van der Waals surface area contributed by atoms with Crippen molar-refractivity contribution in [1.29, 1.82) is 0 Å². The van der Waals surface area contributed by atoms with Gasteiger partial charge in [0.1, 0.15) is 6.04 Å². The molecule has 1 fully saturated rings. The van der Waals surface area contributed by atoms with Crippen molar-refractivity contribution in [3.05, 3.63) is 34.3 Å². The lowest BCUT2D eigenvalue weighted by Crippen LogP contribution is -2.41. The molecule has 0 aromatic heterocycles. The van der Waals surface area contributed by atoms with Crippen LogP contribution in [0.4, 0.5) is 0 Å². The fraction of sp³-hybridized carbons (Fsp3) is 0.357. The Morgan fingerprint density at radius 1 is 1.38 bits per heavy atom. The molecule has 0 spiro atoms. The molecule has 2 rings (SSSR count). The van der Waals surface area contributed by atoms with E-state index in [2.05, 4.69) is 21.2 Å². The van der Waals surface area contributed by atoms with Crippen LogP contribution in [0.3, 0.4) is 0 Å². The van der Waals surface area contributed by atoms with Crippen LogP contribution >= 0.6 is 15.9 Å². The van der Waals surface area contributed by atoms with Crippen LogP contribution in [0.25, 0.3) is 0 Å². The summed E-state index contributed by atoms with van der Waals surface area (Å²) in [6.07, 6.45) is -0.526. The quantitative estimate of drug-likeness (QED) is 0.826. The highest BCUT2D eigenvalue weighted by Crippen LogP contribution is 2.12. The minimum absolute atomic E-state index is 0.246. The lowest BCUT2D eigenvalue weighted by molar-refractivity contribution is -0.161. The van der Waals surface area contributed by atoms with Gasteiger partial charge in [-0.3, -0.25) is 4.79 Å². The summed E-state index contributed by atoms with van der Waals surface area (Å²) in [5.41, 5.74) is 0.429. The fourth-order valence-corrected chi connectivity index (χ4v) is 2.03. The second kappa shape index (κ2) is 6.71. The maximum Gasteiger partial charge on any atom is 0.347 e. The van der Waals surface area contributed by atoms with E-state index < -0.39 is 24.1 Å². The number of cyclic esters (lactones) is 1. The Morgan fingerprint density at radius 2 is 2.05 bits per heavy atom. The number of ether oxygens (including phenoxy) is 2. The maximum atomic E-state index is 11.9. The van der Waals surface area contributed by atoms with E-state index in [0.717, 1.165) is 4.47 Å². The number of halogens is 1. The van der Waals surface area contributed by atoms with Crippen LogP contribution < -0.4 is 5.32 Å². The van der Waals surface area contributed by atoms with E-state index in [4.69, 9.17) is 9.47 Å². The predicted molar refractivity (Wildman–Crippen MR) is 76.5 cm³/mol. The third-order valence-corrected chi connectivity index (χ3v) is 3.48. The molecule has 0 radical (unpaired) electrons. The predicted octanol–water partition coefficient (Wildman–Crippen LogP) is 1.43. The molecule has 1 saturated heterocycles. The van der Waals surface area contributed by atoms with E-state index in [1.165, 1.54) is 6.92 Å². The maximum absolute atomic E-state index is 11.9. The van der Waals surface area contributed by atoms with Gasteiger partial charge in [-0.2, -0.15) is 0 Å². The smallest absolute Gasteiger partial charge is 0.347 e. The van der Waals surface area contributed by atoms with Crippen LogP contribution in [-0.2, 0) is 19.1 Å². The Morgan fingerprint density at radius 3 is 2.62 bits per heavy atom. The number of benzene rings is 1. The second-order valence-electron chi connectivity index (χ2n) is 4.58. The van der Waals surface area contributed by atoms with E-state index in [1.54, 1.807) is 24.3 Å². The van der Waals surface area contributed by atoms with Gasteiger partial charge in [-0.25, -0.2) is 9.59 Å². The molecular weight excluding hydrogens is 342 g/mol. The van der Waals surface area contributed by atoms with Gasteiger partial charge in [-0.15, -0.1) is 0 Å². The Kier molecular flexibility index (Phi) is 4.95. The van der Waals surface area contributed by atoms with Gasteiger partial charge >= 0.3 is 11.9 Å². The van der Waals surface area contributed by atoms with Crippen LogP contribution in [0.2, 0.25) is 0 Å². The zero-order valence-corrected chi connectivity index (χ0v) is 12.9. The second-order valence-corrected chi connectivity index (χ2v) is 5.50. The molecular formula is C14H14BrNO5. The van der Waals surface area contributed by atoms with Gasteiger partial charge in [-0.1, -0.05) is 15.9 Å². The zero-order chi connectivity index (χ0) is 15.4. The zero-order valence-electron chi connectivity index (χ0n) is 11.3. The molecule has 1 heterocycles. The first-order chi connectivity index (χ1) is 9.97. The highest BCUT2D eigenvalue weighted by Gasteiger charge is 2.32. The van der Waals surface area contributed by atoms with Crippen LogP contribution in [-0.4, -0.2) is 36.6 Å². The Hall–Kier alpha value is -1.89. The molecule has 1 aliphatic rings. The molecule has 1 aromatic rings. The van der Waals surface area contributed by atoms with Crippen molar-refractivity contribution in [3.63, 3.8) is 0 Å². The van der Waals surface area contributed by atoms with Gasteiger partial charge in [0, 0.05) is 16.5 Å². The average molecular weight is 356 g/mol. The molecule has 112 valence electrons. The van der Waals surface area contributed by atoms with Gasteiger partial charge in [0.05, 0.1) is 6.61 Å². The number of esters is 2. The third kappa shape index (κ3) is 4.04. The summed E-state index contributed by atoms with van der Waals surface area (Å²) in [6.45, 7) is 1.75. The lowest BCUT2D eigenvalue weighted by Gasteiger charge is -2.15. The van der Waals surface area contributed by atoms with Crippen molar-refractivity contribution < 1.29 is 23.9 Å². The van der Waals surface area contributed by atoms with E-state index in [0.29, 0.717) is 12.0 Å². The topological polar surface area (TPSA) is 81.7 Å². The molecule has 0 aliphatic carbocycles. The van der Waals surface area contributed by atoms with Gasteiger partial charge in [0.25, 0.3) is 5.91 Å². The Bertz CT molecular complexity index is 557. The summed E-state index contributed by atoms with van der Waals surface area (Å²) < 4.78 is 10.6. The average Bonchev–Trinajstić information content (AvgIpc) is 2.84. The summed E-state index contributed by atoms with van der Waals surface area (Å²) in [7, 11) is 0. The summed E-state index contributed by atoms with van der Waals surface area (Å²) in [4.78, 5) is 35.0.